The van der Waals surface area contributed by atoms with Crippen molar-refractivity contribution in [3.05, 3.63) is 42.5 Å². The minimum atomic E-state index is -0.594. The van der Waals surface area contributed by atoms with Crippen molar-refractivity contribution in [3.63, 3.8) is 0 Å². The molecule has 1 aromatic carbocycles. The van der Waals surface area contributed by atoms with Gasteiger partial charge in [-0.3, -0.25) is 0 Å². The monoisotopic (exact) mass is 229 g/mol. The molecule has 3 N–H and O–H groups in total. The molecule has 3 nitrogen and oxygen atoms in total. The molecule has 0 saturated carbocycles. The molecule has 0 aliphatic heterocycles. The molecule has 1 rings (SSSR count). The van der Waals surface area contributed by atoms with Gasteiger partial charge in [-0.05, 0) is 17.7 Å². The number of rotatable bonds is 5. The summed E-state index contributed by atoms with van der Waals surface area (Å²) in [7, 11) is 0. The molecule has 0 radical (unpaired) electrons. The lowest BCUT2D eigenvalue weighted by atomic mass is 10.1. The second-order valence-electron chi connectivity index (χ2n) is 2.92. The van der Waals surface area contributed by atoms with Gasteiger partial charge in [0.2, 0.25) is 0 Å². The predicted molar refractivity (Wildman–Crippen MR) is 63.4 cm³/mol. The van der Waals surface area contributed by atoms with Crippen LogP contribution in [0.15, 0.2) is 36.9 Å². The average Bonchev–Trinajstić information content (AvgIpc) is 2.26. The maximum absolute atomic E-state index is 9.41. The van der Waals surface area contributed by atoms with E-state index in [1.165, 1.54) is 0 Å². The molecule has 84 valence electrons. The Hall–Kier alpha value is -1.03. The molecular weight excluding hydrogens is 214 g/mol. The van der Waals surface area contributed by atoms with Crippen LogP contribution in [-0.2, 0) is 0 Å². The van der Waals surface area contributed by atoms with Crippen LogP contribution in [0, 0.1) is 0 Å². The summed E-state index contributed by atoms with van der Waals surface area (Å²) in [6.45, 7) is 4.27. The van der Waals surface area contributed by atoms with Crippen LogP contribution in [0.1, 0.15) is 11.7 Å². The van der Waals surface area contributed by atoms with E-state index in [0.29, 0.717) is 6.61 Å². The number of aliphatic hydroxyl groups is 1. The summed E-state index contributed by atoms with van der Waals surface area (Å²) >= 11 is 0. The van der Waals surface area contributed by atoms with E-state index in [4.69, 9.17) is 10.5 Å². The summed E-state index contributed by atoms with van der Waals surface area (Å²) < 4.78 is 5.29. The van der Waals surface area contributed by atoms with Crippen LogP contribution in [0.3, 0.4) is 0 Å². The summed E-state index contributed by atoms with van der Waals surface area (Å²) in [4.78, 5) is 0. The van der Waals surface area contributed by atoms with Gasteiger partial charge < -0.3 is 15.6 Å². The van der Waals surface area contributed by atoms with E-state index in [0.717, 1.165) is 11.3 Å². The van der Waals surface area contributed by atoms with E-state index >= 15 is 0 Å². The number of halogens is 1. The number of hydrogen-bond acceptors (Lipinski definition) is 3. The Morgan fingerprint density at radius 2 is 2.00 bits per heavy atom. The van der Waals surface area contributed by atoms with Crippen molar-refractivity contribution in [3.8, 4) is 5.75 Å². The standard InChI is InChI=1S/C11H15NO2.ClH/c1-2-7-14-10-5-3-9(4-6-10)11(13)8-12;/h2-6,11,13H,1,7-8,12H2;1H. The van der Waals surface area contributed by atoms with Crippen LogP contribution in [-0.4, -0.2) is 18.3 Å². The Morgan fingerprint density at radius 1 is 1.40 bits per heavy atom. The largest absolute Gasteiger partial charge is 0.490 e. The molecule has 0 bridgehead atoms. The zero-order valence-electron chi connectivity index (χ0n) is 8.43. The molecule has 15 heavy (non-hydrogen) atoms. The van der Waals surface area contributed by atoms with Crippen LogP contribution in [0.4, 0.5) is 0 Å². The first-order valence-electron chi connectivity index (χ1n) is 4.49. The highest BCUT2D eigenvalue weighted by molar-refractivity contribution is 5.85. The highest BCUT2D eigenvalue weighted by Crippen LogP contribution is 2.16. The second kappa shape index (κ2) is 7.29. The van der Waals surface area contributed by atoms with E-state index in [9.17, 15) is 5.11 Å². The Kier molecular flexibility index (Phi) is 6.79. The van der Waals surface area contributed by atoms with Gasteiger partial charge in [0.05, 0.1) is 6.10 Å². The summed E-state index contributed by atoms with van der Waals surface area (Å²) in [6.07, 6.45) is 1.09. The van der Waals surface area contributed by atoms with Gasteiger partial charge in [0.15, 0.2) is 0 Å². The predicted octanol–water partition coefficient (Wildman–Crippen LogP) is 1.67. The maximum Gasteiger partial charge on any atom is 0.119 e. The van der Waals surface area contributed by atoms with Crippen molar-refractivity contribution in [1.82, 2.24) is 0 Å². The first kappa shape index (κ1) is 14.0. The van der Waals surface area contributed by atoms with Crippen molar-refractivity contribution in [2.75, 3.05) is 13.2 Å². The van der Waals surface area contributed by atoms with E-state index in [-0.39, 0.29) is 19.0 Å². The molecule has 0 aliphatic carbocycles. The molecule has 0 amide bonds. The summed E-state index contributed by atoms with van der Waals surface area (Å²) in [5.74, 6) is 0.762. The summed E-state index contributed by atoms with van der Waals surface area (Å²) in [6, 6.07) is 7.21. The summed E-state index contributed by atoms with van der Waals surface area (Å²) in [5, 5.41) is 9.41. The minimum absolute atomic E-state index is 0. The van der Waals surface area contributed by atoms with Crippen LogP contribution >= 0.6 is 12.4 Å². The van der Waals surface area contributed by atoms with Crippen molar-refractivity contribution < 1.29 is 9.84 Å². The Morgan fingerprint density at radius 3 is 2.47 bits per heavy atom. The quantitative estimate of drug-likeness (QED) is 0.756. The number of aliphatic hydroxyl groups excluding tert-OH is 1. The highest BCUT2D eigenvalue weighted by Gasteiger charge is 2.03. The topological polar surface area (TPSA) is 55.5 Å². The maximum atomic E-state index is 9.41. The van der Waals surface area contributed by atoms with E-state index < -0.39 is 6.10 Å². The third-order valence-electron chi connectivity index (χ3n) is 1.86. The number of hydrogen-bond donors (Lipinski definition) is 2. The molecule has 0 heterocycles. The van der Waals surface area contributed by atoms with Gasteiger partial charge in [-0.25, -0.2) is 0 Å². The number of nitrogens with two attached hydrogens (primary N) is 1. The molecule has 1 unspecified atom stereocenters. The van der Waals surface area contributed by atoms with Gasteiger partial charge in [-0.15, -0.1) is 12.4 Å². The van der Waals surface area contributed by atoms with Crippen LogP contribution in [0.5, 0.6) is 5.75 Å². The first-order chi connectivity index (χ1) is 6.77. The lowest BCUT2D eigenvalue weighted by molar-refractivity contribution is 0.186. The smallest absolute Gasteiger partial charge is 0.119 e. The molecule has 0 saturated heterocycles. The molecule has 0 aliphatic rings. The third kappa shape index (κ3) is 4.34. The zero-order chi connectivity index (χ0) is 10.4. The normalized spacial score (nSPS) is 11.3. The van der Waals surface area contributed by atoms with Crippen LogP contribution in [0.2, 0.25) is 0 Å². The molecule has 0 spiro atoms. The highest BCUT2D eigenvalue weighted by atomic mass is 35.5. The second-order valence-corrected chi connectivity index (χ2v) is 2.92. The van der Waals surface area contributed by atoms with Gasteiger partial charge >= 0.3 is 0 Å². The van der Waals surface area contributed by atoms with Gasteiger partial charge in [0.1, 0.15) is 12.4 Å². The average molecular weight is 230 g/mol. The SMILES string of the molecule is C=CCOc1ccc(C(O)CN)cc1.Cl. The lowest BCUT2D eigenvalue weighted by Gasteiger charge is -2.09. The molecule has 4 heteroatoms. The van der Waals surface area contributed by atoms with E-state index in [2.05, 4.69) is 6.58 Å². The third-order valence-corrected chi connectivity index (χ3v) is 1.86. The minimum Gasteiger partial charge on any atom is -0.490 e. The molecular formula is C11H16ClNO2. The number of benzene rings is 1. The van der Waals surface area contributed by atoms with Gasteiger partial charge in [0.25, 0.3) is 0 Å². The fourth-order valence-electron chi connectivity index (χ4n) is 1.08. The van der Waals surface area contributed by atoms with E-state index in [1.54, 1.807) is 30.3 Å². The lowest BCUT2D eigenvalue weighted by Crippen LogP contribution is -2.11. The molecule has 1 atom stereocenters. The zero-order valence-corrected chi connectivity index (χ0v) is 9.24. The van der Waals surface area contributed by atoms with Gasteiger partial charge in [-0.2, -0.15) is 0 Å². The first-order valence-corrected chi connectivity index (χ1v) is 4.49. The van der Waals surface area contributed by atoms with Crippen LogP contribution in [0.25, 0.3) is 0 Å². The van der Waals surface area contributed by atoms with Crippen molar-refractivity contribution in [2.24, 2.45) is 5.73 Å². The molecule has 0 fully saturated rings. The summed E-state index contributed by atoms with van der Waals surface area (Å²) in [5.41, 5.74) is 6.13. The van der Waals surface area contributed by atoms with Crippen molar-refractivity contribution in [1.29, 1.82) is 0 Å². The van der Waals surface area contributed by atoms with Crippen molar-refractivity contribution in [2.45, 2.75) is 6.10 Å². The molecule has 0 aromatic heterocycles. The Labute approximate surface area is 96.0 Å². The number of ether oxygens (including phenoxy) is 1. The Bertz CT molecular complexity index is 287. The Balaban J connectivity index is 0.00000196. The van der Waals surface area contributed by atoms with Gasteiger partial charge in [0, 0.05) is 6.54 Å². The molecule has 1 aromatic rings. The van der Waals surface area contributed by atoms with Gasteiger partial charge in [-0.1, -0.05) is 24.8 Å². The van der Waals surface area contributed by atoms with Crippen LogP contribution < -0.4 is 10.5 Å². The van der Waals surface area contributed by atoms with E-state index in [1.807, 2.05) is 0 Å². The van der Waals surface area contributed by atoms with Crippen molar-refractivity contribution >= 4 is 12.4 Å². The fraction of sp³-hybridized carbons (Fsp3) is 0.273. The fourth-order valence-corrected chi connectivity index (χ4v) is 1.08.